The molecular formula is C15H19NO3. The molecule has 0 aliphatic heterocycles. The quantitative estimate of drug-likeness (QED) is 0.653. The number of amides is 1. The highest BCUT2D eigenvalue weighted by Gasteiger charge is 2.36. The standard InChI is InChI=1S/C15H19NO3/c1-11(2)10-15(3,14(18)19-4)16-13(17)12-8-6-5-7-9-12/h5-9H,1,10H2,2-4H3,(H,16,17)/t15-/m1/s1. The van der Waals surface area contributed by atoms with Crippen LogP contribution in [0.5, 0.6) is 0 Å². The van der Waals surface area contributed by atoms with Crippen LogP contribution in [0.15, 0.2) is 42.5 Å². The summed E-state index contributed by atoms with van der Waals surface area (Å²) in [5, 5.41) is 2.72. The maximum absolute atomic E-state index is 12.1. The number of carbonyl (C=O) groups excluding carboxylic acids is 2. The lowest BCUT2D eigenvalue weighted by molar-refractivity contribution is -0.147. The Labute approximate surface area is 113 Å². The molecule has 0 fully saturated rings. The maximum Gasteiger partial charge on any atom is 0.331 e. The van der Waals surface area contributed by atoms with Crippen molar-refractivity contribution in [1.29, 1.82) is 0 Å². The van der Waals surface area contributed by atoms with E-state index in [4.69, 9.17) is 4.74 Å². The minimum Gasteiger partial charge on any atom is -0.467 e. The summed E-state index contributed by atoms with van der Waals surface area (Å²) < 4.78 is 4.76. The number of carbonyl (C=O) groups is 2. The van der Waals surface area contributed by atoms with Gasteiger partial charge in [0.05, 0.1) is 7.11 Å². The molecule has 0 spiro atoms. The van der Waals surface area contributed by atoms with Crippen molar-refractivity contribution in [1.82, 2.24) is 5.32 Å². The van der Waals surface area contributed by atoms with E-state index < -0.39 is 11.5 Å². The van der Waals surface area contributed by atoms with Gasteiger partial charge in [-0.05, 0) is 26.0 Å². The average Bonchev–Trinajstić information content (AvgIpc) is 2.37. The fourth-order valence-electron chi connectivity index (χ4n) is 1.91. The molecule has 1 aromatic rings. The number of esters is 1. The SMILES string of the molecule is C=C(C)C[C@@](C)(NC(=O)c1ccccc1)C(=O)OC. The van der Waals surface area contributed by atoms with Gasteiger partial charge in [0.2, 0.25) is 0 Å². The highest BCUT2D eigenvalue weighted by atomic mass is 16.5. The van der Waals surface area contributed by atoms with Crippen LogP contribution in [0.1, 0.15) is 30.6 Å². The van der Waals surface area contributed by atoms with Crippen molar-refractivity contribution in [2.75, 3.05) is 7.11 Å². The van der Waals surface area contributed by atoms with E-state index in [1.54, 1.807) is 38.1 Å². The second kappa shape index (κ2) is 6.18. The van der Waals surface area contributed by atoms with Gasteiger partial charge in [0.25, 0.3) is 5.91 Å². The Morgan fingerprint density at radius 1 is 1.32 bits per heavy atom. The molecule has 0 aliphatic carbocycles. The van der Waals surface area contributed by atoms with Crippen LogP contribution < -0.4 is 5.32 Å². The van der Waals surface area contributed by atoms with Gasteiger partial charge in [-0.25, -0.2) is 4.79 Å². The number of hydrogen-bond donors (Lipinski definition) is 1. The third-order valence-corrected chi connectivity index (χ3v) is 2.72. The number of rotatable bonds is 5. The minimum absolute atomic E-state index is 0.310. The van der Waals surface area contributed by atoms with Crippen molar-refractivity contribution in [2.24, 2.45) is 0 Å². The molecule has 1 N–H and O–H groups in total. The summed E-state index contributed by atoms with van der Waals surface area (Å²) >= 11 is 0. The summed E-state index contributed by atoms with van der Waals surface area (Å²) in [5.41, 5.74) is 0.189. The lowest BCUT2D eigenvalue weighted by Crippen LogP contribution is -2.52. The van der Waals surface area contributed by atoms with E-state index in [1.807, 2.05) is 6.07 Å². The molecule has 0 aromatic heterocycles. The van der Waals surface area contributed by atoms with Crippen LogP contribution in [-0.4, -0.2) is 24.5 Å². The van der Waals surface area contributed by atoms with E-state index in [0.717, 1.165) is 5.57 Å². The first-order valence-electron chi connectivity index (χ1n) is 5.99. The van der Waals surface area contributed by atoms with Crippen LogP contribution in [0.25, 0.3) is 0 Å². The Morgan fingerprint density at radius 3 is 2.37 bits per heavy atom. The Morgan fingerprint density at radius 2 is 1.89 bits per heavy atom. The number of hydrogen-bond acceptors (Lipinski definition) is 3. The van der Waals surface area contributed by atoms with Crippen molar-refractivity contribution in [2.45, 2.75) is 25.8 Å². The monoisotopic (exact) mass is 261 g/mol. The molecule has 0 unspecified atom stereocenters. The number of methoxy groups -OCH3 is 1. The van der Waals surface area contributed by atoms with Crippen molar-refractivity contribution >= 4 is 11.9 Å². The van der Waals surface area contributed by atoms with Crippen LogP contribution in [0.2, 0.25) is 0 Å². The summed E-state index contributed by atoms with van der Waals surface area (Å²) in [6.45, 7) is 7.21. The van der Waals surface area contributed by atoms with Gasteiger partial charge in [-0.15, -0.1) is 6.58 Å². The topological polar surface area (TPSA) is 55.4 Å². The summed E-state index contributed by atoms with van der Waals surface area (Å²) in [6.07, 6.45) is 0.332. The van der Waals surface area contributed by atoms with E-state index in [-0.39, 0.29) is 5.91 Å². The van der Waals surface area contributed by atoms with Crippen LogP contribution in [-0.2, 0) is 9.53 Å². The third-order valence-electron chi connectivity index (χ3n) is 2.72. The molecule has 1 atom stereocenters. The van der Waals surface area contributed by atoms with Gasteiger partial charge >= 0.3 is 5.97 Å². The zero-order valence-corrected chi connectivity index (χ0v) is 11.5. The molecule has 4 heteroatoms. The van der Waals surface area contributed by atoms with Crippen LogP contribution in [0.4, 0.5) is 0 Å². The molecule has 0 saturated heterocycles. The number of benzene rings is 1. The van der Waals surface area contributed by atoms with E-state index in [9.17, 15) is 9.59 Å². The first-order chi connectivity index (χ1) is 8.89. The maximum atomic E-state index is 12.1. The van der Waals surface area contributed by atoms with E-state index >= 15 is 0 Å². The van der Waals surface area contributed by atoms with E-state index in [1.165, 1.54) is 7.11 Å². The van der Waals surface area contributed by atoms with Gasteiger partial charge in [-0.1, -0.05) is 23.8 Å². The minimum atomic E-state index is -1.10. The average molecular weight is 261 g/mol. The molecule has 0 heterocycles. The summed E-state index contributed by atoms with van der Waals surface area (Å²) in [5.74, 6) is -0.797. The van der Waals surface area contributed by atoms with Gasteiger partial charge in [-0.3, -0.25) is 4.79 Å². The first kappa shape index (κ1) is 15.0. The molecule has 1 aromatic carbocycles. The largest absolute Gasteiger partial charge is 0.467 e. The second-order valence-corrected chi connectivity index (χ2v) is 4.78. The van der Waals surface area contributed by atoms with Gasteiger partial charge < -0.3 is 10.1 Å². The predicted molar refractivity (Wildman–Crippen MR) is 73.8 cm³/mol. The zero-order valence-electron chi connectivity index (χ0n) is 11.5. The molecule has 4 nitrogen and oxygen atoms in total. The number of nitrogens with one attached hydrogen (secondary N) is 1. The fraction of sp³-hybridized carbons (Fsp3) is 0.333. The lowest BCUT2D eigenvalue weighted by Gasteiger charge is -2.28. The fourth-order valence-corrected chi connectivity index (χ4v) is 1.91. The Balaban J connectivity index is 2.92. The van der Waals surface area contributed by atoms with Crippen molar-refractivity contribution in [3.8, 4) is 0 Å². The normalized spacial score (nSPS) is 13.2. The van der Waals surface area contributed by atoms with Crippen molar-refractivity contribution < 1.29 is 14.3 Å². The molecule has 19 heavy (non-hydrogen) atoms. The Hall–Kier alpha value is -2.10. The highest BCUT2D eigenvalue weighted by molar-refractivity contribution is 5.98. The number of ether oxygens (including phenoxy) is 1. The predicted octanol–water partition coefficient (Wildman–Crippen LogP) is 2.31. The van der Waals surface area contributed by atoms with E-state index in [2.05, 4.69) is 11.9 Å². The molecule has 0 aliphatic rings. The summed E-state index contributed by atoms with van der Waals surface area (Å²) in [4.78, 5) is 24.0. The highest BCUT2D eigenvalue weighted by Crippen LogP contribution is 2.18. The first-order valence-corrected chi connectivity index (χ1v) is 5.99. The molecule has 0 radical (unpaired) electrons. The van der Waals surface area contributed by atoms with Crippen molar-refractivity contribution in [3.63, 3.8) is 0 Å². The molecule has 1 amide bonds. The molecule has 102 valence electrons. The van der Waals surface area contributed by atoms with Crippen LogP contribution in [0, 0.1) is 0 Å². The summed E-state index contributed by atoms with van der Waals surface area (Å²) in [6, 6.07) is 8.73. The van der Waals surface area contributed by atoms with Gasteiger partial charge in [0.1, 0.15) is 5.54 Å². The second-order valence-electron chi connectivity index (χ2n) is 4.78. The lowest BCUT2D eigenvalue weighted by atomic mass is 9.93. The van der Waals surface area contributed by atoms with Gasteiger partial charge in [0, 0.05) is 12.0 Å². The smallest absolute Gasteiger partial charge is 0.331 e. The molecular weight excluding hydrogens is 242 g/mol. The van der Waals surface area contributed by atoms with Crippen LogP contribution >= 0.6 is 0 Å². The molecule has 0 saturated carbocycles. The zero-order chi connectivity index (χ0) is 14.5. The Kier molecular flexibility index (Phi) is 4.87. The van der Waals surface area contributed by atoms with E-state index in [0.29, 0.717) is 12.0 Å². The van der Waals surface area contributed by atoms with Crippen molar-refractivity contribution in [3.05, 3.63) is 48.0 Å². The van der Waals surface area contributed by atoms with Crippen LogP contribution in [0.3, 0.4) is 0 Å². The molecule has 1 rings (SSSR count). The Bertz CT molecular complexity index is 481. The van der Waals surface area contributed by atoms with Gasteiger partial charge in [-0.2, -0.15) is 0 Å². The molecule has 0 bridgehead atoms. The third kappa shape index (κ3) is 3.95. The van der Waals surface area contributed by atoms with Gasteiger partial charge in [0.15, 0.2) is 0 Å². The summed E-state index contributed by atoms with van der Waals surface area (Å²) in [7, 11) is 1.30.